The lowest BCUT2D eigenvalue weighted by Gasteiger charge is -2.24. The Labute approximate surface area is 89.3 Å². The number of hydrogen-bond acceptors (Lipinski definition) is 4. The van der Waals surface area contributed by atoms with Crippen LogP contribution >= 0.6 is 0 Å². The summed E-state index contributed by atoms with van der Waals surface area (Å²) in [5.41, 5.74) is 5.12. The molecule has 2 saturated heterocycles. The van der Waals surface area contributed by atoms with Gasteiger partial charge >= 0.3 is 0 Å². The van der Waals surface area contributed by atoms with Crippen molar-refractivity contribution >= 4 is 5.91 Å². The molecule has 0 aromatic rings. The average molecular weight is 214 g/mol. The number of carbonyl (C=O) groups is 1. The van der Waals surface area contributed by atoms with Crippen LogP contribution in [0.3, 0.4) is 0 Å². The average Bonchev–Trinajstić information content (AvgIpc) is 2.78. The molecule has 3 atom stereocenters. The van der Waals surface area contributed by atoms with Crippen LogP contribution in [0.4, 0.5) is 0 Å². The lowest BCUT2D eigenvalue weighted by molar-refractivity contribution is -0.127. The molecule has 5 heteroatoms. The zero-order valence-electron chi connectivity index (χ0n) is 8.99. The SMILES string of the molecule is CC1OCCC1NC(=O)C1(N)CCOC1. The molecule has 0 radical (unpaired) electrons. The Bertz CT molecular complexity index is 251. The van der Waals surface area contributed by atoms with Crippen LogP contribution in [0.25, 0.3) is 0 Å². The van der Waals surface area contributed by atoms with Crippen molar-refractivity contribution in [3.8, 4) is 0 Å². The summed E-state index contributed by atoms with van der Waals surface area (Å²) in [6.45, 7) is 3.56. The topological polar surface area (TPSA) is 73.6 Å². The van der Waals surface area contributed by atoms with Gasteiger partial charge in [-0.2, -0.15) is 0 Å². The number of nitrogens with two attached hydrogens (primary N) is 1. The van der Waals surface area contributed by atoms with E-state index in [1.54, 1.807) is 0 Å². The van der Waals surface area contributed by atoms with Gasteiger partial charge in [-0.3, -0.25) is 4.79 Å². The lowest BCUT2D eigenvalue weighted by atomic mass is 9.98. The highest BCUT2D eigenvalue weighted by atomic mass is 16.5. The quantitative estimate of drug-likeness (QED) is 0.643. The second kappa shape index (κ2) is 4.08. The first-order valence-corrected chi connectivity index (χ1v) is 5.41. The summed E-state index contributed by atoms with van der Waals surface area (Å²) in [5.74, 6) is -0.109. The van der Waals surface area contributed by atoms with Crippen molar-refractivity contribution < 1.29 is 14.3 Å². The van der Waals surface area contributed by atoms with Crippen LogP contribution in [0, 0.1) is 0 Å². The minimum absolute atomic E-state index is 0.0832. The molecule has 3 N–H and O–H groups in total. The van der Waals surface area contributed by atoms with Crippen LogP contribution in [0.5, 0.6) is 0 Å². The predicted molar refractivity (Wildman–Crippen MR) is 54.3 cm³/mol. The summed E-state index contributed by atoms with van der Waals surface area (Å²) < 4.78 is 10.5. The maximum absolute atomic E-state index is 11.9. The third kappa shape index (κ3) is 2.14. The number of nitrogens with one attached hydrogen (secondary N) is 1. The molecule has 15 heavy (non-hydrogen) atoms. The first-order chi connectivity index (χ1) is 7.12. The highest BCUT2D eigenvalue weighted by molar-refractivity contribution is 5.86. The van der Waals surface area contributed by atoms with Gasteiger partial charge in [0.25, 0.3) is 0 Å². The normalized spacial score (nSPS) is 40.7. The van der Waals surface area contributed by atoms with Crippen LogP contribution in [0.2, 0.25) is 0 Å². The number of amides is 1. The lowest BCUT2D eigenvalue weighted by Crippen LogP contribution is -2.57. The summed E-state index contributed by atoms with van der Waals surface area (Å²) in [4.78, 5) is 11.9. The van der Waals surface area contributed by atoms with Gasteiger partial charge in [0, 0.05) is 13.2 Å². The minimum Gasteiger partial charge on any atom is -0.379 e. The Morgan fingerprint density at radius 2 is 2.33 bits per heavy atom. The molecule has 1 amide bonds. The van der Waals surface area contributed by atoms with Crippen LogP contribution < -0.4 is 11.1 Å². The Hall–Kier alpha value is -0.650. The molecule has 2 rings (SSSR count). The van der Waals surface area contributed by atoms with Gasteiger partial charge in [0.15, 0.2) is 0 Å². The van der Waals surface area contributed by atoms with Crippen molar-refractivity contribution in [2.24, 2.45) is 5.73 Å². The fraction of sp³-hybridized carbons (Fsp3) is 0.900. The highest BCUT2D eigenvalue weighted by Crippen LogP contribution is 2.18. The molecule has 86 valence electrons. The smallest absolute Gasteiger partial charge is 0.242 e. The second-order valence-corrected chi connectivity index (χ2v) is 4.40. The van der Waals surface area contributed by atoms with Gasteiger partial charge in [-0.15, -0.1) is 0 Å². The van der Waals surface area contributed by atoms with Gasteiger partial charge in [0.05, 0.1) is 18.8 Å². The zero-order chi connectivity index (χ0) is 10.9. The Kier molecular flexibility index (Phi) is 2.95. The summed E-state index contributed by atoms with van der Waals surface area (Å²) >= 11 is 0. The number of hydrogen-bond donors (Lipinski definition) is 2. The van der Waals surface area contributed by atoms with Gasteiger partial charge in [0.2, 0.25) is 5.91 Å². The van der Waals surface area contributed by atoms with Crippen molar-refractivity contribution in [3.05, 3.63) is 0 Å². The van der Waals surface area contributed by atoms with Gasteiger partial charge in [-0.1, -0.05) is 0 Å². The first kappa shape index (κ1) is 10.9. The number of ether oxygens (including phenoxy) is 2. The molecule has 0 saturated carbocycles. The molecule has 0 aromatic carbocycles. The third-order valence-corrected chi connectivity index (χ3v) is 3.20. The Balaban J connectivity index is 1.91. The van der Waals surface area contributed by atoms with E-state index in [0.29, 0.717) is 26.2 Å². The molecular formula is C10H18N2O3. The van der Waals surface area contributed by atoms with Gasteiger partial charge in [0.1, 0.15) is 5.54 Å². The first-order valence-electron chi connectivity index (χ1n) is 5.41. The molecule has 2 heterocycles. The molecule has 2 fully saturated rings. The molecule has 0 bridgehead atoms. The summed E-state index contributed by atoms with van der Waals surface area (Å²) in [6.07, 6.45) is 1.55. The van der Waals surface area contributed by atoms with Crippen LogP contribution in [-0.4, -0.2) is 43.4 Å². The van der Waals surface area contributed by atoms with E-state index in [0.717, 1.165) is 6.42 Å². The molecular weight excluding hydrogens is 196 g/mol. The van der Waals surface area contributed by atoms with E-state index in [2.05, 4.69) is 5.32 Å². The number of rotatable bonds is 2. The van der Waals surface area contributed by atoms with Crippen LogP contribution in [0.1, 0.15) is 19.8 Å². The van der Waals surface area contributed by atoms with Gasteiger partial charge in [-0.25, -0.2) is 0 Å². The van der Waals surface area contributed by atoms with E-state index >= 15 is 0 Å². The van der Waals surface area contributed by atoms with E-state index < -0.39 is 5.54 Å². The molecule has 3 unspecified atom stereocenters. The van der Waals surface area contributed by atoms with Crippen molar-refractivity contribution in [3.63, 3.8) is 0 Å². The largest absolute Gasteiger partial charge is 0.379 e. The van der Waals surface area contributed by atoms with Gasteiger partial charge < -0.3 is 20.5 Å². The fourth-order valence-electron chi connectivity index (χ4n) is 1.99. The monoisotopic (exact) mass is 214 g/mol. The summed E-state index contributed by atoms with van der Waals surface area (Å²) in [7, 11) is 0. The third-order valence-electron chi connectivity index (χ3n) is 3.20. The molecule has 0 aromatic heterocycles. The van der Waals surface area contributed by atoms with Crippen molar-refractivity contribution in [2.75, 3.05) is 19.8 Å². The summed E-state index contributed by atoms with van der Waals surface area (Å²) in [5, 5.41) is 2.94. The van der Waals surface area contributed by atoms with Crippen LogP contribution in [0.15, 0.2) is 0 Å². The van der Waals surface area contributed by atoms with Gasteiger partial charge in [-0.05, 0) is 19.8 Å². The maximum Gasteiger partial charge on any atom is 0.242 e. The molecule has 0 spiro atoms. The van der Waals surface area contributed by atoms with Crippen LogP contribution in [-0.2, 0) is 14.3 Å². The molecule has 2 aliphatic rings. The minimum atomic E-state index is -0.831. The van der Waals surface area contributed by atoms with E-state index in [-0.39, 0.29) is 18.1 Å². The van der Waals surface area contributed by atoms with E-state index in [1.807, 2.05) is 6.92 Å². The Morgan fingerprint density at radius 3 is 2.87 bits per heavy atom. The van der Waals surface area contributed by atoms with Crippen molar-refractivity contribution in [1.29, 1.82) is 0 Å². The Morgan fingerprint density at radius 1 is 1.53 bits per heavy atom. The fourth-order valence-corrected chi connectivity index (χ4v) is 1.99. The standard InChI is InChI=1S/C10H18N2O3/c1-7-8(2-4-15-7)12-9(13)10(11)3-5-14-6-10/h7-8H,2-6,11H2,1H3,(H,12,13). The van der Waals surface area contributed by atoms with Crippen molar-refractivity contribution in [2.45, 2.75) is 37.5 Å². The highest BCUT2D eigenvalue weighted by Gasteiger charge is 2.40. The van der Waals surface area contributed by atoms with Crippen molar-refractivity contribution in [1.82, 2.24) is 5.32 Å². The van der Waals surface area contributed by atoms with E-state index in [9.17, 15) is 4.79 Å². The molecule has 2 aliphatic heterocycles. The molecule has 5 nitrogen and oxygen atoms in total. The maximum atomic E-state index is 11.9. The predicted octanol–water partition coefficient (Wildman–Crippen LogP) is -0.602. The summed E-state index contributed by atoms with van der Waals surface area (Å²) in [6, 6.07) is 0.0959. The zero-order valence-corrected chi connectivity index (χ0v) is 8.99. The molecule has 0 aliphatic carbocycles. The van der Waals surface area contributed by atoms with E-state index in [4.69, 9.17) is 15.2 Å². The number of carbonyl (C=O) groups excluding carboxylic acids is 1. The van der Waals surface area contributed by atoms with E-state index in [1.165, 1.54) is 0 Å². The second-order valence-electron chi connectivity index (χ2n) is 4.40.